The molecule has 150 valence electrons. The van der Waals surface area contributed by atoms with E-state index >= 15 is 0 Å². The van der Waals surface area contributed by atoms with E-state index in [0.29, 0.717) is 45.5 Å². The van der Waals surface area contributed by atoms with Crippen LogP contribution in [0.15, 0.2) is 62.9 Å². The fourth-order valence-electron chi connectivity index (χ4n) is 2.84. The lowest BCUT2D eigenvalue weighted by atomic mass is 10.1. The van der Waals surface area contributed by atoms with Crippen molar-refractivity contribution in [3.8, 4) is 34.1 Å². The average Bonchev–Trinajstić information content (AvgIpc) is 3.17. The third kappa shape index (κ3) is 4.41. The zero-order valence-corrected chi connectivity index (χ0v) is 16.0. The van der Waals surface area contributed by atoms with Crippen LogP contribution in [0.1, 0.15) is 0 Å². The SMILES string of the molecule is COc1ccc(N=C(N)N)cc1-c1ccc(-c2cc(N=C(N)N)ccc2OC)o1. The van der Waals surface area contributed by atoms with Crippen molar-refractivity contribution in [2.45, 2.75) is 0 Å². The predicted octanol–water partition coefficient (Wildman–Crippen LogP) is 2.44. The molecule has 9 nitrogen and oxygen atoms in total. The fourth-order valence-corrected chi connectivity index (χ4v) is 2.84. The Hall–Kier alpha value is -4.14. The van der Waals surface area contributed by atoms with Crippen LogP contribution in [-0.2, 0) is 0 Å². The molecule has 0 bridgehead atoms. The Morgan fingerprint density at radius 2 is 1.10 bits per heavy atom. The van der Waals surface area contributed by atoms with E-state index in [9.17, 15) is 0 Å². The van der Waals surface area contributed by atoms with Gasteiger partial charge in [-0.3, -0.25) is 0 Å². The third-order valence-electron chi connectivity index (χ3n) is 4.02. The van der Waals surface area contributed by atoms with Crippen LogP contribution in [0.25, 0.3) is 22.6 Å². The third-order valence-corrected chi connectivity index (χ3v) is 4.02. The Kier molecular flexibility index (Phi) is 5.59. The van der Waals surface area contributed by atoms with Crippen molar-refractivity contribution in [2.75, 3.05) is 14.2 Å². The van der Waals surface area contributed by atoms with E-state index in [4.69, 9.17) is 36.8 Å². The van der Waals surface area contributed by atoms with Gasteiger partial charge in [0, 0.05) is 0 Å². The van der Waals surface area contributed by atoms with Crippen LogP contribution in [0.2, 0.25) is 0 Å². The van der Waals surface area contributed by atoms with Gasteiger partial charge >= 0.3 is 0 Å². The second kappa shape index (κ2) is 8.26. The topological polar surface area (TPSA) is 160 Å². The number of benzene rings is 2. The molecule has 0 amide bonds. The van der Waals surface area contributed by atoms with E-state index in [0.717, 1.165) is 0 Å². The van der Waals surface area contributed by atoms with Crippen LogP contribution in [0.5, 0.6) is 11.5 Å². The van der Waals surface area contributed by atoms with Gasteiger partial charge in [0.2, 0.25) is 0 Å². The maximum absolute atomic E-state index is 6.08. The standard InChI is InChI=1S/C20H22N6O3/c1-27-15-5-3-11(25-19(21)22)9-13(15)17-7-8-18(29-17)14-10-12(26-20(23)24)4-6-16(14)28-2/h3-10H,1-2H3,(H4,21,22,25)(H4,23,24,26). The van der Waals surface area contributed by atoms with Gasteiger partial charge in [-0.1, -0.05) is 0 Å². The predicted molar refractivity (Wildman–Crippen MR) is 114 cm³/mol. The molecule has 0 aliphatic rings. The lowest BCUT2D eigenvalue weighted by molar-refractivity contribution is 0.413. The Morgan fingerprint density at radius 1 is 0.690 bits per heavy atom. The number of ether oxygens (including phenoxy) is 2. The summed E-state index contributed by atoms with van der Waals surface area (Å²) in [6.45, 7) is 0. The highest BCUT2D eigenvalue weighted by Gasteiger charge is 2.15. The quantitative estimate of drug-likeness (QED) is 0.369. The zero-order chi connectivity index (χ0) is 21.0. The fraction of sp³-hybridized carbons (Fsp3) is 0.100. The maximum Gasteiger partial charge on any atom is 0.191 e. The molecule has 3 rings (SSSR count). The summed E-state index contributed by atoms with van der Waals surface area (Å²) in [4.78, 5) is 8.14. The molecule has 1 heterocycles. The lowest BCUT2D eigenvalue weighted by Crippen LogP contribution is -2.21. The van der Waals surface area contributed by atoms with Crippen molar-refractivity contribution in [2.24, 2.45) is 32.9 Å². The summed E-state index contributed by atoms with van der Waals surface area (Å²) < 4.78 is 17.0. The van der Waals surface area contributed by atoms with E-state index in [1.165, 1.54) is 0 Å². The molecular formula is C20H22N6O3. The Morgan fingerprint density at radius 3 is 1.45 bits per heavy atom. The van der Waals surface area contributed by atoms with Crippen molar-refractivity contribution in [3.05, 3.63) is 48.5 Å². The molecule has 9 heteroatoms. The average molecular weight is 394 g/mol. The lowest BCUT2D eigenvalue weighted by Gasteiger charge is -2.09. The molecule has 0 saturated heterocycles. The minimum absolute atomic E-state index is 0.0393. The summed E-state index contributed by atoms with van der Waals surface area (Å²) in [5.74, 6) is 2.28. The molecule has 1 aromatic heterocycles. The number of nitrogens with two attached hydrogens (primary N) is 4. The highest BCUT2D eigenvalue weighted by atomic mass is 16.5. The molecule has 0 spiro atoms. The monoisotopic (exact) mass is 394 g/mol. The zero-order valence-electron chi connectivity index (χ0n) is 16.0. The molecule has 29 heavy (non-hydrogen) atoms. The van der Waals surface area contributed by atoms with Crippen molar-refractivity contribution < 1.29 is 13.9 Å². The number of rotatable bonds is 6. The van der Waals surface area contributed by atoms with Crippen molar-refractivity contribution in [3.63, 3.8) is 0 Å². The van der Waals surface area contributed by atoms with Crippen LogP contribution in [0.3, 0.4) is 0 Å². The number of hydrogen-bond donors (Lipinski definition) is 4. The summed E-state index contributed by atoms with van der Waals surface area (Å²) in [7, 11) is 3.15. The molecule has 0 aliphatic heterocycles. The van der Waals surface area contributed by atoms with Crippen LogP contribution < -0.4 is 32.4 Å². The first-order valence-electron chi connectivity index (χ1n) is 8.57. The van der Waals surface area contributed by atoms with E-state index in [1.54, 1.807) is 50.6 Å². The van der Waals surface area contributed by atoms with Gasteiger partial charge in [0.15, 0.2) is 11.9 Å². The Balaban J connectivity index is 2.08. The number of hydrogen-bond acceptors (Lipinski definition) is 5. The molecule has 0 aliphatic carbocycles. The minimum Gasteiger partial charge on any atom is -0.496 e. The summed E-state index contributed by atoms with van der Waals surface area (Å²) >= 11 is 0. The van der Waals surface area contributed by atoms with Gasteiger partial charge in [-0.2, -0.15) is 0 Å². The van der Waals surface area contributed by atoms with Gasteiger partial charge in [0.25, 0.3) is 0 Å². The molecule has 0 atom stereocenters. The second-order valence-corrected chi connectivity index (χ2v) is 6.01. The number of aliphatic imine (C=N–C) groups is 2. The molecule has 2 aromatic carbocycles. The van der Waals surface area contributed by atoms with Crippen LogP contribution in [-0.4, -0.2) is 26.1 Å². The first-order chi connectivity index (χ1) is 13.9. The Bertz CT molecular complexity index is 996. The highest BCUT2D eigenvalue weighted by molar-refractivity contribution is 5.82. The highest BCUT2D eigenvalue weighted by Crippen LogP contribution is 2.39. The van der Waals surface area contributed by atoms with E-state index < -0.39 is 0 Å². The van der Waals surface area contributed by atoms with Gasteiger partial charge in [0.1, 0.15) is 23.0 Å². The summed E-state index contributed by atoms with van der Waals surface area (Å²) in [5.41, 5.74) is 24.4. The van der Waals surface area contributed by atoms with E-state index in [1.807, 2.05) is 12.1 Å². The van der Waals surface area contributed by atoms with Crippen molar-refractivity contribution in [1.82, 2.24) is 0 Å². The molecular weight excluding hydrogens is 372 g/mol. The van der Waals surface area contributed by atoms with Gasteiger partial charge in [-0.25, -0.2) is 9.98 Å². The van der Waals surface area contributed by atoms with Gasteiger partial charge in [-0.05, 0) is 48.5 Å². The van der Waals surface area contributed by atoms with Crippen LogP contribution in [0, 0.1) is 0 Å². The first kappa shape index (κ1) is 19.6. The largest absolute Gasteiger partial charge is 0.496 e. The number of nitrogens with zero attached hydrogens (tertiary/aromatic N) is 2. The molecule has 3 aromatic rings. The molecule has 8 N–H and O–H groups in total. The van der Waals surface area contributed by atoms with E-state index in [2.05, 4.69) is 9.98 Å². The summed E-state index contributed by atoms with van der Waals surface area (Å²) in [6, 6.07) is 14.2. The number of methoxy groups -OCH3 is 2. The minimum atomic E-state index is -0.0393. The Labute approximate surface area is 167 Å². The van der Waals surface area contributed by atoms with E-state index in [-0.39, 0.29) is 11.9 Å². The molecule has 0 radical (unpaired) electrons. The normalized spacial score (nSPS) is 10.3. The van der Waals surface area contributed by atoms with Gasteiger partial charge in [-0.15, -0.1) is 0 Å². The number of furan rings is 1. The summed E-state index contributed by atoms with van der Waals surface area (Å²) in [6.07, 6.45) is 0. The molecule has 0 unspecified atom stereocenters. The van der Waals surface area contributed by atoms with Crippen molar-refractivity contribution >= 4 is 23.3 Å². The molecule has 0 saturated carbocycles. The molecule has 0 fully saturated rings. The smallest absolute Gasteiger partial charge is 0.191 e. The van der Waals surface area contributed by atoms with Crippen LogP contribution >= 0.6 is 0 Å². The maximum atomic E-state index is 6.08. The van der Waals surface area contributed by atoms with Crippen LogP contribution in [0.4, 0.5) is 11.4 Å². The number of guanidine groups is 2. The first-order valence-corrected chi connectivity index (χ1v) is 8.57. The van der Waals surface area contributed by atoms with Gasteiger partial charge in [0.05, 0.1) is 36.7 Å². The van der Waals surface area contributed by atoms with Gasteiger partial charge < -0.3 is 36.8 Å². The second-order valence-electron chi connectivity index (χ2n) is 6.01. The van der Waals surface area contributed by atoms with Crippen molar-refractivity contribution in [1.29, 1.82) is 0 Å². The summed E-state index contributed by atoms with van der Waals surface area (Å²) in [5, 5.41) is 0.